The smallest absolute Gasteiger partial charge is 0.133 e. The molecule has 19 heavy (non-hydrogen) atoms. The fraction of sp³-hybridized carbons (Fsp3) is 0.933. The quantitative estimate of drug-likeness (QED) is 0.618. The summed E-state index contributed by atoms with van der Waals surface area (Å²) in [6, 6.07) is 2.73. The molecule has 0 heterocycles. The van der Waals surface area contributed by atoms with E-state index in [1.54, 1.807) is 0 Å². The van der Waals surface area contributed by atoms with E-state index in [0.717, 1.165) is 19.4 Å². The van der Waals surface area contributed by atoms with Gasteiger partial charge in [0.15, 0.2) is 0 Å². The molecule has 0 aromatic heterocycles. The van der Waals surface area contributed by atoms with Crippen LogP contribution >= 0.6 is 0 Å². The van der Waals surface area contributed by atoms with E-state index in [1.807, 2.05) is 0 Å². The lowest BCUT2D eigenvalue weighted by Gasteiger charge is -2.30. The normalized spacial score (nSPS) is 18.6. The predicted octanol–water partition coefficient (Wildman–Crippen LogP) is 2.35. The summed E-state index contributed by atoms with van der Waals surface area (Å²) in [5, 5.41) is 12.9. The average molecular weight is 268 g/mol. The van der Waals surface area contributed by atoms with Gasteiger partial charge in [-0.2, -0.15) is 5.26 Å². The first-order valence-corrected chi connectivity index (χ1v) is 7.34. The van der Waals surface area contributed by atoms with Crippen molar-refractivity contribution < 1.29 is 9.47 Å². The van der Waals surface area contributed by atoms with Gasteiger partial charge in [-0.05, 0) is 38.5 Å². The molecule has 1 fully saturated rings. The van der Waals surface area contributed by atoms with Crippen LogP contribution in [-0.2, 0) is 9.47 Å². The Balaban J connectivity index is 2.28. The molecule has 1 rings (SSSR count). The third-order valence-electron chi connectivity index (χ3n) is 3.17. The molecule has 0 amide bonds. The van der Waals surface area contributed by atoms with Gasteiger partial charge in [0.1, 0.15) is 5.54 Å². The molecule has 1 saturated carbocycles. The highest BCUT2D eigenvalue weighted by Crippen LogP contribution is 2.39. The van der Waals surface area contributed by atoms with Crippen LogP contribution in [0.3, 0.4) is 0 Å². The first-order chi connectivity index (χ1) is 9.00. The lowest BCUT2D eigenvalue weighted by molar-refractivity contribution is 0.0173. The van der Waals surface area contributed by atoms with Gasteiger partial charge < -0.3 is 9.47 Å². The van der Waals surface area contributed by atoms with Crippen molar-refractivity contribution in [2.45, 2.75) is 52.1 Å². The Bertz CT molecular complexity index is 295. The van der Waals surface area contributed by atoms with Crippen molar-refractivity contribution in [2.75, 3.05) is 26.4 Å². The minimum atomic E-state index is -0.508. The number of nitrogens with one attached hydrogen (secondary N) is 1. The van der Waals surface area contributed by atoms with Gasteiger partial charge in [0.05, 0.1) is 25.9 Å². The summed E-state index contributed by atoms with van der Waals surface area (Å²) in [5.74, 6) is 0.990. The Morgan fingerprint density at radius 2 is 1.84 bits per heavy atom. The second-order valence-electron chi connectivity index (χ2n) is 6.18. The Kier molecular flexibility index (Phi) is 6.78. The number of ether oxygens (including phenoxy) is 2. The van der Waals surface area contributed by atoms with E-state index in [4.69, 9.17) is 9.47 Å². The molecule has 0 aromatic carbocycles. The molecule has 110 valence electrons. The lowest BCUT2D eigenvalue weighted by atomic mass is 9.95. The van der Waals surface area contributed by atoms with Crippen molar-refractivity contribution in [3.63, 3.8) is 0 Å². The van der Waals surface area contributed by atoms with Gasteiger partial charge in [-0.15, -0.1) is 0 Å². The van der Waals surface area contributed by atoms with E-state index >= 15 is 0 Å². The van der Waals surface area contributed by atoms with E-state index in [1.165, 1.54) is 0 Å². The van der Waals surface area contributed by atoms with E-state index < -0.39 is 5.54 Å². The van der Waals surface area contributed by atoms with Crippen molar-refractivity contribution >= 4 is 0 Å². The predicted molar refractivity (Wildman–Crippen MR) is 75.8 cm³/mol. The number of hydrogen-bond donors (Lipinski definition) is 1. The summed E-state index contributed by atoms with van der Waals surface area (Å²) in [5.41, 5.74) is -0.508. The molecule has 1 aliphatic carbocycles. The van der Waals surface area contributed by atoms with E-state index in [0.29, 0.717) is 37.7 Å². The van der Waals surface area contributed by atoms with E-state index in [9.17, 15) is 5.26 Å². The van der Waals surface area contributed by atoms with E-state index in [2.05, 4.69) is 39.1 Å². The van der Waals surface area contributed by atoms with Crippen LogP contribution in [0, 0.1) is 23.2 Å². The standard InChI is InChI=1S/C15H28N2O2/c1-12(2)9-18-7-8-19-11-15(10-16,14-5-6-14)17-13(3)4/h12-14,17H,5-9,11H2,1-4H3. The first-order valence-electron chi connectivity index (χ1n) is 7.34. The molecule has 1 unspecified atom stereocenters. The van der Waals surface area contributed by atoms with Crippen LogP contribution < -0.4 is 5.32 Å². The third kappa shape index (κ3) is 5.90. The molecule has 4 nitrogen and oxygen atoms in total. The van der Waals surface area contributed by atoms with Gasteiger partial charge in [-0.3, -0.25) is 5.32 Å². The van der Waals surface area contributed by atoms with Gasteiger partial charge in [0, 0.05) is 12.6 Å². The maximum atomic E-state index is 9.49. The maximum absolute atomic E-state index is 9.49. The third-order valence-corrected chi connectivity index (χ3v) is 3.17. The van der Waals surface area contributed by atoms with Gasteiger partial charge in [-0.1, -0.05) is 13.8 Å². The molecule has 0 spiro atoms. The van der Waals surface area contributed by atoms with E-state index in [-0.39, 0.29) is 0 Å². The molecular formula is C15H28N2O2. The highest BCUT2D eigenvalue weighted by molar-refractivity contribution is 5.15. The second-order valence-corrected chi connectivity index (χ2v) is 6.18. The Morgan fingerprint density at radius 3 is 2.32 bits per heavy atom. The summed E-state index contributed by atoms with van der Waals surface area (Å²) in [7, 11) is 0. The number of nitriles is 1. The van der Waals surface area contributed by atoms with Gasteiger partial charge in [0.25, 0.3) is 0 Å². The topological polar surface area (TPSA) is 54.3 Å². The zero-order valence-corrected chi connectivity index (χ0v) is 12.7. The molecule has 0 saturated heterocycles. The highest BCUT2D eigenvalue weighted by atomic mass is 16.5. The van der Waals surface area contributed by atoms with Crippen LogP contribution in [0.5, 0.6) is 0 Å². The molecule has 4 heteroatoms. The van der Waals surface area contributed by atoms with Crippen molar-refractivity contribution in [2.24, 2.45) is 11.8 Å². The Hall–Kier alpha value is -0.630. The van der Waals surface area contributed by atoms with Crippen molar-refractivity contribution in [1.82, 2.24) is 5.32 Å². The molecule has 0 aromatic rings. The summed E-state index contributed by atoms with van der Waals surface area (Å²) in [6.45, 7) is 10.8. The van der Waals surface area contributed by atoms with Crippen molar-refractivity contribution in [1.29, 1.82) is 5.26 Å². The Morgan fingerprint density at radius 1 is 1.21 bits per heavy atom. The second kappa shape index (κ2) is 7.84. The van der Waals surface area contributed by atoms with Crippen LogP contribution in [-0.4, -0.2) is 38.0 Å². The zero-order valence-electron chi connectivity index (χ0n) is 12.7. The first kappa shape index (κ1) is 16.4. The fourth-order valence-electron chi connectivity index (χ4n) is 2.19. The van der Waals surface area contributed by atoms with Gasteiger partial charge >= 0.3 is 0 Å². The maximum Gasteiger partial charge on any atom is 0.133 e. The molecule has 0 aliphatic heterocycles. The van der Waals surface area contributed by atoms with Crippen molar-refractivity contribution in [3.05, 3.63) is 0 Å². The summed E-state index contributed by atoms with van der Waals surface area (Å²) in [4.78, 5) is 0. The van der Waals surface area contributed by atoms with Crippen LogP contribution in [0.4, 0.5) is 0 Å². The molecule has 1 N–H and O–H groups in total. The van der Waals surface area contributed by atoms with Crippen LogP contribution in [0.15, 0.2) is 0 Å². The Labute approximate surface area is 117 Å². The van der Waals surface area contributed by atoms with Gasteiger partial charge in [-0.25, -0.2) is 0 Å². The fourth-order valence-corrected chi connectivity index (χ4v) is 2.19. The summed E-state index contributed by atoms with van der Waals surface area (Å²) in [6.07, 6.45) is 2.25. The summed E-state index contributed by atoms with van der Waals surface area (Å²) < 4.78 is 11.1. The molecule has 0 radical (unpaired) electrons. The molecular weight excluding hydrogens is 240 g/mol. The minimum Gasteiger partial charge on any atom is -0.379 e. The molecule has 1 atom stereocenters. The molecule has 0 bridgehead atoms. The number of hydrogen-bond acceptors (Lipinski definition) is 4. The van der Waals surface area contributed by atoms with Gasteiger partial charge in [0.2, 0.25) is 0 Å². The average Bonchev–Trinajstić information content (AvgIpc) is 3.15. The SMILES string of the molecule is CC(C)COCCOCC(C#N)(NC(C)C)C1CC1. The zero-order chi connectivity index (χ0) is 14.3. The largest absolute Gasteiger partial charge is 0.379 e. The molecule has 1 aliphatic rings. The monoisotopic (exact) mass is 268 g/mol. The number of rotatable bonds is 10. The van der Waals surface area contributed by atoms with Crippen molar-refractivity contribution in [3.8, 4) is 6.07 Å². The van der Waals surface area contributed by atoms with Crippen LogP contribution in [0.1, 0.15) is 40.5 Å². The van der Waals surface area contributed by atoms with Crippen LogP contribution in [0.2, 0.25) is 0 Å². The minimum absolute atomic E-state index is 0.293. The lowest BCUT2D eigenvalue weighted by Crippen LogP contribution is -2.53. The highest BCUT2D eigenvalue weighted by Gasteiger charge is 2.46. The summed E-state index contributed by atoms with van der Waals surface area (Å²) >= 11 is 0. The van der Waals surface area contributed by atoms with Crippen LogP contribution in [0.25, 0.3) is 0 Å². The number of nitrogens with zero attached hydrogens (tertiary/aromatic N) is 1.